The van der Waals surface area contributed by atoms with Gasteiger partial charge in [0, 0.05) is 0 Å². The lowest BCUT2D eigenvalue weighted by atomic mass is 10.0. The summed E-state index contributed by atoms with van der Waals surface area (Å²) < 4.78 is 0. The van der Waals surface area contributed by atoms with E-state index in [2.05, 4.69) is 26.0 Å². The number of aliphatic hydroxyl groups excluding tert-OH is 1. The molecule has 0 saturated heterocycles. The van der Waals surface area contributed by atoms with E-state index in [4.69, 9.17) is 0 Å². The molecule has 0 radical (unpaired) electrons. The Morgan fingerprint density at radius 2 is 1.58 bits per heavy atom. The molecule has 1 N–H and O–H groups in total. The molecule has 108 valence electrons. The molecule has 1 rings (SSSR count). The number of aryl methyl sites for hydroxylation is 1. The van der Waals surface area contributed by atoms with Crippen LogP contribution in [0.15, 0.2) is 24.3 Å². The topological polar surface area (TPSA) is 20.2 Å². The van der Waals surface area contributed by atoms with E-state index in [1.807, 2.05) is 12.1 Å². The molecule has 0 heterocycles. The van der Waals surface area contributed by atoms with E-state index in [0.717, 1.165) is 18.4 Å². The van der Waals surface area contributed by atoms with Crippen LogP contribution in [0.5, 0.6) is 0 Å². The molecule has 0 saturated carbocycles. The van der Waals surface area contributed by atoms with Crippen molar-refractivity contribution in [2.75, 3.05) is 0 Å². The van der Waals surface area contributed by atoms with Crippen LogP contribution in [0.2, 0.25) is 0 Å². The summed E-state index contributed by atoms with van der Waals surface area (Å²) >= 11 is 0. The highest BCUT2D eigenvalue weighted by atomic mass is 16.3. The average Bonchev–Trinajstić information content (AvgIpc) is 2.41. The number of unbranched alkanes of at least 4 members (excludes halogenated alkanes) is 7. The van der Waals surface area contributed by atoms with Crippen LogP contribution in [-0.4, -0.2) is 5.11 Å². The third kappa shape index (κ3) is 7.37. The molecule has 19 heavy (non-hydrogen) atoms. The molecule has 0 aliphatic heterocycles. The van der Waals surface area contributed by atoms with Gasteiger partial charge in [0.05, 0.1) is 6.10 Å². The fourth-order valence-corrected chi connectivity index (χ4v) is 2.52. The molecule has 0 aliphatic carbocycles. The highest BCUT2D eigenvalue weighted by Gasteiger charge is 2.06. The molecule has 1 heteroatoms. The van der Waals surface area contributed by atoms with Crippen molar-refractivity contribution >= 4 is 0 Å². The van der Waals surface area contributed by atoms with Crippen LogP contribution < -0.4 is 0 Å². The Kier molecular flexibility index (Phi) is 8.57. The van der Waals surface area contributed by atoms with E-state index < -0.39 is 0 Å². The first kappa shape index (κ1) is 16.2. The van der Waals surface area contributed by atoms with E-state index in [1.165, 1.54) is 50.5 Å². The first-order valence-corrected chi connectivity index (χ1v) is 7.98. The molecule has 1 nitrogen and oxygen atoms in total. The Bertz CT molecular complexity index is 332. The van der Waals surface area contributed by atoms with Gasteiger partial charge in [0.1, 0.15) is 0 Å². The van der Waals surface area contributed by atoms with Crippen molar-refractivity contribution in [2.45, 2.75) is 77.7 Å². The second-order valence-corrected chi connectivity index (χ2v) is 5.69. The van der Waals surface area contributed by atoms with Gasteiger partial charge in [-0.3, -0.25) is 0 Å². The summed E-state index contributed by atoms with van der Waals surface area (Å²) in [5, 5.41) is 10.1. The Hall–Kier alpha value is -0.820. The standard InChI is InChI=1S/C18H30O/c1-3-4-5-6-7-8-9-10-14-18(19)17-13-11-12-16(2)15-17/h11-13,15,18-19H,3-10,14H2,1-2H3. The summed E-state index contributed by atoms with van der Waals surface area (Å²) in [7, 11) is 0. The van der Waals surface area contributed by atoms with Gasteiger partial charge >= 0.3 is 0 Å². The van der Waals surface area contributed by atoms with E-state index in [-0.39, 0.29) is 6.10 Å². The molecule has 0 bridgehead atoms. The summed E-state index contributed by atoms with van der Waals surface area (Å²) in [6, 6.07) is 8.23. The average molecular weight is 262 g/mol. The van der Waals surface area contributed by atoms with E-state index in [9.17, 15) is 5.11 Å². The van der Waals surface area contributed by atoms with Crippen LogP contribution in [0.3, 0.4) is 0 Å². The molecule has 1 unspecified atom stereocenters. The smallest absolute Gasteiger partial charge is 0.0790 e. The zero-order chi connectivity index (χ0) is 13.9. The predicted molar refractivity (Wildman–Crippen MR) is 83.4 cm³/mol. The molecular weight excluding hydrogens is 232 g/mol. The van der Waals surface area contributed by atoms with Gasteiger partial charge in [-0.2, -0.15) is 0 Å². The fraction of sp³-hybridized carbons (Fsp3) is 0.667. The van der Waals surface area contributed by atoms with Crippen LogP contribution in [0.4, 0.5) is 0 Å². The minimum atomic E-state index is -0.278. The summed E-state index contributed by atoms with van der Waals surface area (Å²) in [6.07, 6.45) is 11.2. The number of aliphatic hydroxyl groups is 1. The van der Waals surface area contributed by atoms with Gasteiger partial charge < -0.3 is 5.11 Å². The molecule has 0 aromatic heterocycles. The van der Waals surface area contributed by atoms with Crippen molar-refractivity contribution in [2.24, 2.45) is 0 Å². The number of rotatable bonds is 10. The van der Waals surface area contributed by atoms with E-state index in [1.54, 1.807) is 0 Å². The third-order valence-corrected chi connectivity index (χ3v) is 3.76. The number of hydrogen-bond donors (Lipinski definition) is 1. The van der Waals surface area contributed by atoms with Crippen molar-refractivity contribution < 1.29 is 5.11 Å². The molecule has 0 spiro atoms. The maximum atomic E-state index is 10.1. The lowest BCUT2D eigenvalue weighted by Gasteiger charge is -2.11. The fourth-order valence-electron chi connectivity index (χ4n) is 2.52. The second-order valence-electron chi connectivity index (χ2n) is 5.69. The molecule has 0 fully saturated rings. The SMILES string of the molecule is CCCCCCCCCCC(O)c1cccc(C)c1. The number of hydrogen-bond acceptors (Lipinski definition) is 1. The summed E-state index contributed by atoms with van der Waals surface area (Å²) in [5.41, 5.74) is 2.30. The maximum absolute atomic E-state index is 10.1. The molecule has 0 aliphatic rings. The van der Waals surface area contributed by atoms with Crippen LogP contribution in [-0.2, 0) is 0 Å². The van der Waals surface area contributed by atoms with Crippen molar-refractivity contribution in [3.05, 3.63) is 35.4 Å². The van der Waals surface area contributed by atoms with E-state index in [0.29, 0.717) is 0 Å². The minimum Gasteiger partial charge on any atom is -0.388 e. The summed E-state index contributed by atoms with van der Waals surface area (Å²) in [6.45, 7) is 4.33. The Balaban J connectivity index is 2.06. The van der Waals surface area contributed by atoms with Crippen molar-refractivity contribution in [1.29, 1.82) is 0 Å². The first-order valence-electron chi connectivity index (χ1n) is 7.98. The zero-order valence-corrected chi connectivity index (χ0v) is 12.7. The highest BCUT2D eigenvalue weighted by Crippen LogP contribution is 2.21. The van der Waals surface area contributed by atoms with Gasteiger partial charge in [-0.1, -0.05) is 88.1 Å². The maximum Gasteiger partial charge on any atom is 0.0790 e. The summed E-state index contributed by atoms with van der Waals surface area (Å²) in [4.78, 5) is 0. The van der Waals surface area contributed by atoms with Crippen LogP contribution in [0.25, 0.3) is 0 Å². The van der Waals surface area contributed by atoms with Crippen molar-refractivity contribution in [3.8, 4) is 0 Å². The van der Waals surface area contributed by atoms with Gasteiger partial charge in [-0.05, 0) is 18.9 Å². The lowest BCUT2D eigenvalue weighted by Crippen LogP contribution is -1.97. The number of benzene rings is 1. The molecule has 1 atom stereocenters. The van der Waals surface area contributed by atoms with Crippen LogP contribution in [0.1, 0.15) is 81.9 Å². The quantitative estimate of drug-likeness (QED) is 0.547. The van der Waals surface area contributed by atoms with Gasteiger partial charge in [0.25, 0.3) is 0 Å². The zero-order valence-electron chi connectivity index (χ0n) is 12.7. The Morgan fingerprint density at radius 3 is 2.21 bits per heavy atom. The van der Waals surface area contributed by atoms with Crippen LogP contribution in [0, 0.1) is 6.92 Å². The molecule has 1 aromatic carbocycles. The monoisotopic (exact) mass is 262 g/mol. The van der Waals surface area contributed by atoms with Gasteiger partial charge in [-0.15, -0.1) is 0 Å². The second kappa shape index (κ2) is 10.0. The van der Waals surface area contributed by atoms with Crippen LogP contribution >= 0.6 is 0 Å². The third-order valence-electron chi connectivity index (χ3n) is 3.76. The van der Waals surface area contributed by atoms with Crippen molar-refractivity contribution in [1.82, 2.24) is 0 Å². The molecular formula is C18H30O. The molecule has 1 aromatic rings. The summed E-state index contributed by atoms with van der Waals surface area (Å²) in [5.74, 6) is 0. The normalized spacial score (nSPS) is 12.6. The minimum absolute atomic E-state index is 0.278. The first-order chi connectivity index (χ1) is 9.24. The Morgan fingerprint density at radius 1 is 0.947 bits per heavy atom. The van der Waals surface area contributed by atoms with Gasteiger partial charge in [0.15, 0.2) is 0 Å². The predicted octanol–water partition coefficient (Wildman–Crippen LogP) is 5.56. The highest BCUT2D eigenvalue weighted by molar-refractivity contribution is 5.23. The largest absolute Gasteiger partial charge is 0.388 e. The van der Waals surface area contributed by atoms with Crippen molar-refractivity contribution in [3.63, 3.8) is 0 Å². The lowest BCUT2D eigenvalue weighted by molar-refractivity contribution is 0.163. The van der Waals surface area contributed by atoms with E-state index >= 15 is 0 Å². The van der Waals surface area contributed by atoms with Gasteiger partial charge in [-0.25, -0.2) is 0 Å². The molecule has 0 amide bonds. The van der Waals surface area contributed by atoms with Gasteiger partial charge in [0.2, 0.25) is 0 Å². The Labute approximate surface area is 119 Å².